The van der Waals surface area contributed by atoms with E-state index in [0.29, 0.717) is 11.8 Å². The number of rotatable bonds is 4. The zero-order valence-electron chi connectivity index (χ0n) is 48.4. The lowest BCUT2D eigenvalue weighted by atomic mass is 9.31. The average molecular weight is 1040 g/mol. The Balaban J connectivity index is 0.961. The molecule has 0 unspecified atom stereocenters. The highest BCUT2D eigenvalue weighted by molar-refractivity contribution is 7.02. The number of ether oxygens (including phenoxy) is 2. The van der Waals surface area contributed by atoms with Crippen molar-refractivity contribution in [3.05, 3.63) is 190 Å². The summed E-state index contributed by atoms with van der Waals surface area (Å²) in [5.41, 5.74) is 28.4. The minimum Gasteiger partial charge on any atom is -0.440 e. The number of anilines is 6. The maximum absolute atomic E-state index is 7.38. The van der Waals surface area contributed by atoms with Crippen molar-refractivity contribution in [1.29, 1.82) is 0 Å². The van der Waals surface area contributed by atoms with Gasteiger partial charge in [0.2, 0.25) is 11.8 Å². The lowest BCUT2D eigenvalue weighted by molar-refractivity contribution is 0.332. The van der Waals surface area contributed by atoms with Crippen molar-refractivity contribution in [3.63, 3.8) is 0 Å². The Hall–Kier alpha value is -7.83. The number of aryl methyl sites for hydroxylation is 4. The molecule has 6 nitrogen and oxygen atoms in total. The fourth-order valence-corrected chi connectivity index (χ4v) is 15.3. The number of benzene rings is 7. The van der Waals surface area contributed by atoms with Gasteiger partial charge < -0.3 is 19.3 Å². The molecule has 0 N–H and O–H groups in total. The van der Waals surface area contributed by atoms with E-state index in [0.717, 1.165) is 116 Å². The van der Waals surface area contributed by atoms with Crippen LogP contribution in [0.4, 0.5) is 34.1 Å². The van der Waals surface area contributed by atoms with Crippen LogP contribution in [0.3, 0.4) is 0 Å². The van der Waals surface area contributed by atoms with Gasteiger partial charge in [-0.15, -0.1) is 0 Å². The molecule has 6 heterocycles. The quantitative estimate of drug-likeness (QED) is 0.164. The van der Waals surface area contributed by atoms with Crippen LogP contribution in [-0.2, 0) is 21.7 Å². The zero-order chi connectivity index (χ0) is 55.1. The molecule has 8 heteroatoms. The molecule has 0 atom stereocenters. The average Bonchev–Trinajstić information content (AvgIpc) is 1.98. The van der Waals surface area contributed by atoms with E-state index in [-0.39, 0.29) is 35.1 Å². The molecule has 0 bridgehead atoms. The maximum atomic E-state index is 7.38. The molecule has 6 aliphatic rings. The summed E-state index contributed by atoms with van der Waals surface area (Å²) in [6.07, 6.45) is 4.60. The van der Waals surface area contributed by atoms with Crippen molar-refractivity contribution >= 4 is 80.3 Å². The molecule has 2 aliphatic carbocycles. The first kappa shape index (κ1) is 49.2. The summed E-state index contributed by atoms with van der Waals surface area (Å²) >= 11 is 0. The Labute approximate surface area is 473 Å². The summed E-state index contributed by atoms with van der Waals surface area (Å²) in [4.78, 5) is 16.2. The van der Waals surface area contributed by atoms with Crippen LogP contribution >= 0.6 is 0 Å². The van der Waals surface area contributed by atoms with E-state index in [9.17, 15) is 0 Å². The number of aromatic nitrogens is 2. The van der Waals surface area contributed by atoms with Crippen LogP contribution in [0.5, 0.6) is 23.3 Å². The molecular formula is C72H68B2N4O2. The van der Waals surface area contributed by atoms with E-state index in [4.69, 9.17) is 19.4 Å². The summed E-state index contributed by atoms with van der Waals surface area (Å²) in [5, 5.41) is 0. The number of fused-ring (bicyclic) bond motifs is 10. The second kappa shape index (κ2) is 16.9. The summed E-state index contributed by atoms with van der Waals surface area (Å²) in [7, 11) is 0. The predicted octanol–water partition coefficient (Wildman–Crippen LogP) is 14.6. The van der Waals surface area contributed by atoms with Crippen LogP contribution in [0.25, 0.3) is 22.5 Å². The van der Waals surface area contributed by atoms with E-state index < -0.39 is 0 Å². The van der Waals surface area contributed by atoms with Gasteiger partial charge in [-0.05, 0) is 190 Å². The van der Waals surface area contributed by atoms with Gasteiger partial charge in [-0.3, -0.25) is 0 Å². The zero-order valence-corrected chi connectivity index (χ0v) is 48.4. The first-order chi connectivity index (χ1) is 38.3. The third-order valence-electron chi connectivity index (χ3n) is 19.9. The second-order valence-corrected chi connectivity index (χ2v) is 26.8. The first-order valence-corrected chi connectivity index (χ1v) is 29.1. The Morgan fingerprint density at radius 1 is 0.375 bits per heavy atom. The molecule has 80 heavy (non-hydrogen) atoms. The molecule has 9 aromatic rings. The predicted molar refractivity (Wildman–Crippen MR) is 334 cm³/mol. The van der Waals surface area contributed by atoms with Crippen molar-refractivity contribution in [3.8, 4) is 45.8 Å². The molecule has 7 aromatic carbocycles. The highest BCUT2D eigenvalue weighted by atomic mass is 16.5. The van der Waals surface area contributed by atoms with Crippen molar-refractivity contribution in [2.45, 2.75) is 130 Å². The monoisotopic (exact) mass is 1040 g/mol. The third kappa shape index (κ3) is 7.05. The molecule has 0 saturated carbocycles. The smallest absolute Gasteiger partial charge is 0.258 e. The second-order valence-electron chi connectivity index (χ2n) is 26.8. The molecule has 15 rings (SSSR count). The fraction of sp³-hybridized carbons (Fsp3) is 0.278. The van der Waals surface area contributed by atoms with E-state index in [1.165, 1.54) is 55.4 Å². The maximum Gasteiger partial charge on any atom is 0.258 e. The van der Waals surface area contributed by atoms with Crippen LogP contribution in [-0.4, -0.2) is 23.4 Å². The van der Waals surface area contributed by atoms with Gasteiger partial charge in [-0.25, -0.2) is 9.97 Å². The van der Waals surface area contributed by atoms with Gasteiger partial charge in [-0.2, -0.15) is 0 Å². The largest absolute Gasteiger partial charge is 0.440 e. The van der Waals surface area contributed by atoms with Gasteiger partial charge in [0, 0.05) is 62.2 Å². The van der Waals surface area contributed by atoms with Crippen molar-refractivity contribution in [2.75, 3.05) is 9.80 Å². The molecule has 2 aromatic heterocycles. The summed E-state index contributed by atoms with van der Waals surface area (Å²) in [6, 6.07) is 55.0. The molecule has 0 spiro atoms. The van der Waals surface area contributed by atoms with E-state index in [1.807, 2.05) is 0 Å². The van der Waals surface area contributed by atoms with Gasteiger partial charge >= 0.3 is 0 Å². The van der Waals surface area contributed by atoms with E-state index >= 15 is 0 Å². The van der Waals surface area contributed by atoms with Crippen molar-refractivity contribution in [2.24, 2.45) is 0 Å². The molecule has 0 saturated heterocycles. The SMILES string of the molecule is Cc1cccc(C)c1-c1cc2c3c(n1)Oc1cc4c(cc1B3c1ccccc1N2c1ccc2c(c1)C(C)(C)CCC2(C)C)B1c2ccccc2N(c2ccc3c(c2)C(C)(C)CCC3(C)C)c2cc(-c3c(C)cccc3C)nc(c21)O4. The van der Waals surface area contributed by atoms with E-state index in [1.54, 1.807) is 0 Å². The lowest BCUT2D eigenvalue weighted by Gasteiger charge is -2.44. The van der Waals surface area contributed by atoms with Crippen LogP contribution < -0.4 is 52.1 Å². The van der Waals surface area contributed by atoms with Crippen LogP contribution in [0.1, 0.15) is 126 Å². The lowest BCUT2D eigenvalue weighted by Crippen LogP contribution is -2.63. The summed E-state index contributed by atoms with van der Waals surface area (Å²) in [5.74, 6) is 2.75. The summed E-state index contributed by atoms with van der Waals surface area (Å²) in [6.45, 7) is 27.7. The number of hydrogen-bond donors (Lipinski definition) is 0. The van der Waals surface area contributed by atoms with Gasteiger partial charge in [0.1, 0.15) is 11.5 Å². The van der Waals surface area contributed by atoms with Crippen molar-refractivity contribution < 1.29 is 9.47 Å². The molecular weight excluding hydrogens is 974 g/mol. The highest BCUT2D eigenvalue weighted by Gasteiger charge is 2.49. The van der Waals surface area contributed by atoms with Gasteiger partial charge in [0.25, 0.3) is 13.4 Å². The summed E-state index contributed by atoms with van der Waals surface area (Å²) < 4.78 is 14.8. The first-order valence-electron chi connectivity index (χ1n) is 29.1. The third-order valence-corrected chi connectivity index (χ3v) is 19.9. The Kier molecular flexibility index (Phi) is 10.4. The number of hydrogen-bond acceptors (Lipinski definition) is 6. The highest BCUT2D eigenvalue weighted by Crippen LogP contribution is 2.52. The number of nitrogens with zero attached hydrogens (tertiary/aromatic N) is 4. The van der Waals surface area contributed by atoms with E-state index in [2.05, 4.69) is 238 Å². The molecule has 4 aliphatic heterocycles. The van der Waals surface area contributed by atoms with Crippen molar-refractivity contribution in [1.82, 2.24) is 9.97 Å². The fourth-order valence-electron chi connectivity index (χ4n) is 15.3. The van der Waals surface area contributed by atoms with Gasteiger partial charge in [0.15, 0.2) is 0 Å². The van der Waals surface area contributed by atoms with Crippen LogP contribution in [0.15, 0.2) is 146 Å². The Morgan fingerprint density at radius 3 is 1.15 bits per heavy atom. The minimum atomic E-state index is -0.183. The number of pyridine rings is 2. The van der Waals surface area contributed by atoms with Gasteiger partial charge in [0.05, 0.1) is 11.4 Å². The van der Waals surface area contributed by atoms with Crippen LogP contribution in [0.2, 0.25) is 0 Å². The van der Waals surface area contributed by atoms with Crippen LogP contribution in [0, 0.1) is 27.7 Å². The molecule has 0 radical (unpaired) electrons. The van der Waals surface area contributed by atoms with Gasteiger partial charge in [-0.1, -0.05) is 146 Å². The minimum absolute atomic E-state index is 0.0292. The normalized spacial score (nSPS) is 17.6. The molecule has 0 fully saturated rings. The number of para-hydroxylation sites is 2. The topological polar surface area (TPSA) is 50.7 Å². The molecule has 394 valence electrons. The molecule has 0 amide bonds. The Bertz CT molecular complexity index is 3890. The Morgan fingerprint density at radius 2 is 0.750 bits per heavy atom. The standard InChI is InChI=1S/C72H68B2N4O2/c1-41-19-17-20-42(2)63(41)55-38-59-65-67(75-55)79-61-40-62-54(37-53(61)73(65)51-23-13-15-25-57(51)77(59)45-27-29-47-49(35-45)71(9,10)33-31-69(47,5)6)74-52-24-14-16-26-58(52)78(46-28-30-48-50(36-46)72(11,12)34-32-70(48,7)8)60-39-56(76-68(80-62)66(60)74)64-43(3)21-18-22-44(64)4/h13-30,35-40H,31-34H2,1-12H3.